The Balaban J connectivity index is 2.25. The van der Waals surface area contributed by atoms with Gasteiger partial charge in [-0.2, -0.15) is 0 Å². The number of halogens is 1. The molecular formula is C15H22ClN3. The normalized spacial score (nSPS) is 18.2. The Hall–Kier alpha value is -1.06. The van der Waals surface area contributed by atoms with Crippen LogP contribution in [0.4, 0.5) is 0 Å². The standard InChI is InChI=1S/C15H22ClN3/c1-11-7-6-10-13(14(11)16)15(19-17)18-12-8-4-2-3-5-9-12/h6-7,10,12H,2-5,8-9,17H2,1H3,(H,18,19). The number of hydrogen-bond donors (Lipinski definition) is 2. The Labute approximate surface area is 120 Å². The highest BCUT2D eigenvalue weighted by Gasteiger charge is 2.14. The number of hydrogen-bond acceptors (Lipinski definition) is 2. The van der Waals surface area contributed by atoms with Crippen LogP contribution in [0.5, 0.6) is 0 Å². The van der Waals surface area contributed by atoms with Gasteiger partial charge in [-0.15, -0.1) is 0 Å². The first-order valence-electron chi connectivity index (χ1n) is 7.02. The molecule has 2 rings (SSSR count). The van der Waals surface area contributed by atoms with Crippen LogP contribution in [-0.2, 0) is 0 Å². The van der Waals surface area contributed by atoms with Crippen molar-refractivity contribution in [2.45, 2.75) is 51.5 Å². The molecule has 0 saturated heterocycles. The number of nitrogens with zero attached hydrogens (tertiary/aromatic N) is 1. The number of nitrogens with two attached hydrogens (primary N) is 1. The summed E-state index contributed by atoms with van der Waals surface area (Å²) < 4.78 is 0. The number of aliphatic imine (C=N–C) groups is 1. The van der Waals surface area contributed by atoms with Gasteiger partial charge in [0, 0.05) is 5.56 Å². The van der Waals surface area contributed by atoms with Gasteiger partial charge >= 0.3 is 0 Å². The largest absolute Gasteiger partial charge is 0.308 e. The maximum atomic E-state index is 6.34. The summed E-state index contributed by atoms with van der Waals surface area (Å²) in [5.74, 6) is 6.35. The summed E-state index contributed by atoms with van der Waals surface area (Å²) in [5, 5.41) is 0.729. The maximum absolute atomic E-state index is 6.34. The molecular weight excluding hydrogens is 258 g/mol. The van der Waals surface area contributed by atoms with Gasteiger partial charge in [-0.05, 0) is 31.4 Å². The molecule has 0 bridgehead atoms. The second-order valence-corrected chi connectivity index (χ2v) is 5.58. The van der Waals surface area contributed by atoms with Crippen molar-refractivity contribution in [2.24, 2.45) is 10.8 Å². The zero-order valence-corrected chi connectivity index (χ0v) is 12.2. The van der Waals surface area contributed by atoms with Crippen LogP contribution in [0.1, 0.15) is 49.7 Å². The molecule has 1 aliphatic rings. The predicted molar refractivity (Wildman–Crippen MR) is 81.5 cm³/mol. The van der Waals surface area contributed by atoms with Crippen molar-refractivity contribution >= 4 is 17.4 Å². The Kier molecular flexibility index (Phi) is 5.23. The van der Waals surface area contributed by atoms with E-state index in [9.17, 15) is 0 Å². The van der Waals surface area contributed by atoms with Gasteiger partial charge in [0.2, 0.25) is 0 Å². The minimum atomic E-state index is 0.366. The Morgan fingerprint density at radius 3 is 2.58 bits per heavy atom. The molecule has 0 amide bonds. The van der Waals surface area contributed by atoms with E-state index < -0.39 is 0 Å². The smallest absolute Gasteiger partial charge is 0.144 e. The highest BCUT2D eigenvalue weighted by molar-refractivity contribution is 6.34. The maximum Gasteiger partial charge on any atom is 0.144 e. The van der Waals surface area contributed by atoms with Gasteiger partial charge in [0.15, 0.2) is 0 Å². The van der Waals surface area contributed by atoms with E-state index in [1.54, 1.807) is 0 Å². The molecule has 0 aliphatic heterocycles. The van der Waals surface area contributed by atoms with E-state index in [2.05, 4.69) is 5.43 Å². The van der Waals surface area contributed by atoms with Crippen LogP contribution >= 0.6 is 11.6 Å². The lowest BCUT2D eigenvalue weighted by atomic mass is 10.1. The fourth-order valence-electron chi connectivity index (χ4n) is 2.58. The second-order valence-electron chi connectivity index (χ2n) is 5.20. The van der Waals surface area contributed by atoms with Crippen molar-refractivity contribution in [2.75, 3.05) is 0 Å². The van der Waals surface area contributed by atoms with E-state index in [0.717, 1.165) is 29.0 Å². The minimum absolute atomic E-state index is 0.366. The highest BCUT2D eigenvalue weighted by atomic mass is 35.5. The zero-order valence-electron chi connectivity index (χ0n) is 11.5. The first-order valence-corrected chi connectivity index (χ1v) is 7.40. The second kappa shape index (κ2) is 6.92. The summed E-state index contributed by atoms with van der Waals surface area (Å²) in [4.78, 5) is 4.78. The van der Waals surface area contributed by atoms with Crippen LogP contribution in [-0.4, -0.2) is 11.9 Å². The Bertz CT molecular complexity index is 449. The molecule has 104 valence electrons. The fourth-order valence-corrected chi connectivity index (χ4v) is 2.80. The van der Waals surface area contributed by atoms with Crippen molar-refractivity contribution in [3.8, 4) is 0 Å². The third-order valence-electron chi connectivity index (χ3n) is 3.72. The number of nitrogens with one attached hydrogen (secondary N) is 1. The number of aryl methyl sites for hydroxylation is 1. The van der Waals surface area contributed by atoms with Crippen molar-refractivity contribution in [3.05, 3.63) is 34.3 Å². The van der Waals surface area contributed by atoms with Crippen molar-refractivity contribution in [3.63, 3.8) is 0 Å². The van der Waals surface area contributed by atoms with Gasteiger partial charge in [-0.25, -0.2) is 5.84 Å². The molecule has 3 N–H and O–H groups in total. The van der Waals surface area contributed by atoms with E-state index >= 15 is 0 Å². The molecule has 1 fully saturated rings. The lowest BCUT2D eigenvalue weighted by Crippen LogP contribution is -2.32. The summed E-state index contributed by atoms with van der Waals surface area (Å²) in [6, 6.07) is 6.30. The monoisotopic (exact) mass is 279 g/mol. The van der Waals surface area contributed by atoms with Crippen molar-refractivity contribution in [1.82, 2.24) is 5.43 Å². The van der Waals surface area contributed by atoms with E-state index in [1.807, 2.05) is 25.1 Å². The molecule has 0 heterocycles. The number of amidine groups is 1. The fraction of sp³-hybridized carbons (Fsp3) is 0.533. The van der Waals surface area contributed by atoms with Crippen LogP contribution < -0.4 is 11.3 Å². The molecule has 1 saturated carbocycles. The third-order valence-corrected chi connectivity index (χ3v) is 4.22. The Morgan fingerprint density at radius 2 is 1.95 bits per heavy atom. The summed E-state index contributed by atoms with van der Waals surface area (Å²) in [6.07, 6.45) is 7.45. The van der Waals surface area contributed by atoms with Crippen LogP contribution in [0.25, 0.3) is 0 Å². The van der Waals surface area contributed by atoms with Gasteiger partial charge in [0.25, 0.3) is 0 Å². The van der Waals surface area contributed by atoms with Crippen LogP contribution in [0.3, 0.4) is 0 Å². The van der Waals surface area contributed by atoms with Crippen molar-refractivity contribution < 1.29 is 0 Å². The molecule has 1 aromatic rings. The van der Waals surface area contributed by atoms with Gasteiger partial charge in [-0.3, -0.25) is 4.99 Å². The van der Waals surface area contributed by atoms with Crippen LogP contribution in [0, 0.1) is 6.92 Å². The molecule has 1 aromatic carbocycles. The first-order chi connectivity index (χ1) is 9.22. The van der Waals surface area contributed by atoms with Gasteiger partial charge < -0.3 is 5.43 Å². The summed E-state index contributed by atoms with van der Waals surface area (Å²) >= 11 is 6.34. The van der Waals surface area contributed by atoms with E-state index in [4.69, 9.17) is 22.4 Å². The minimum Gasteiger partial charge on any atom is -0.308 e. The molecule has 1 aliphatic carbocycles. The van der Waals surface area contributed by atoms with Crippen molar-refractivity contribution in [1.29, 1.82) is 0 Å². The SMILES string of the molecule is Cc1cccc(C(=NC2CCCCCC2)NN)c1Cl. The number of benzene rings is 1. The zero-order chi connectivity index (χ0) is 13.7. The van der Waals surface area contributed by atoms with E-state index in [1.165, 1.54) is 25.7 Å². The number of rotatable bonds is 2. The average molecular weight is 280 g/mol. The van der Waals surface area contributed by atoms with E-state index in [0.29, 0.717) is 11.9 Å². The number of hydrazine groups is 1. The van der Waals surface area contributed by atoms with Gasteiger partial charge in [0.05, 0.1) is 11.1 Å². The summed E-state index contributed by atoms with van der Waals surface area (Å²) in [6.45, 7) is 1.99. The first kappa shape index (κ1) is 14.4. The van der Waals surface area contributed by atoms with E-state index in [-0.39, 0.29) is 0 Å². The molecule has 3 nitrogen and oxygen atoms in total. The molecule has 0 atom stereocenters. The lowest BCUT2D eigenvalue weighted by molar-refractivity contribution is 0.583. The van der Waals surface area contributed by atoms with Crippen LogP contribution in [0.2, 0.25) is 5.02 Å². The topological polar surface area (TPSA) is 50.4 Å². The lowest BCUT2D eigenvalue weighted by Gasteiger charge is -2.14. The van der Waals surface area contributed by atoms with Gasteiger partial charge in [-0.1, -0.05) is 49.4 Å². The highest BCUT2D eigenvalue weighted by Crippen LogP contribution is 2.23. The third kappa shape index (κ3) is 3.71. The molecule has 0 radical (unpaired) electrons. The average Bonchev–Trinajstić information content (AvgIpc) is 2.68. The Morgan fingerprint density at radius 1 is 1.26 bits per heavy atom. The molecule has 19 heavy (non-hydrogen) atoms. The molecule has 0 spiro atoms. The quantitative estimate of drug-likeness (QED) is 0.286. The summed E-state index contributed by atoms with van der Waals surface area (Å²) in [5.41, 5.74) is 4.66. The summed E-state index contributed by atoms with van der Waals surface area (Å²) in [7, 11) is 0. The molecule has 0 unspecified atom stereocenters. The van der Waals surface area contributed by atoms with Gasteiger partial charge in [0.1, 0.15) is 5.84 Å². The predicted octanol–water partition coefficient (Wildman–Crippen LogP) is 3.58. The molecule has 0 aromatic heterocycles. The molecule has 4 heteroatoms. The van der Waals surface area contributed by atoms with Crippen LogP contribution in [0.15, 0.2) is 23.2 Å².